The van der Waals surface area contributed by atoms with Crippen molar-refractivity contribution in [1.82, 2.24) is 19.9 Å². The van der Waals surface area contributed by atoms with Crippen LogP contribution in [0.5, 0.6) is 0 Å². The van der Waals surface area contributed by atoms with Crippen molar-refractivity contribution >= 4 is 53.7 Å². The predicted octanol–water partition coefficient (Wildman–Crippen LogP) is 18.5. The highest BCUT2D eigenvalue weighted by molar-refractivity contribution is 7.25. The lowest BCUT2D eigenvalue weighted by atomic mass is 9.94. The molecule has 4 heterocycles. The van der Waals surface area contributed by atoms with E-state index in [-0.39, 0.29) is 0 Å². The van der Waals surface area contributed by atoms with Crippen LogP contribution >= 0.6 is 11.3 Å². The zero-order valence-electron chi connectivity index (χ0n) is 39.9. The van der Waals surface area contributed by atoms with E-state index in [0.717, 1.165) is 110 Å². The third-order valence-corrected chi connectivity index (χ3v) is 15.0. The Morgan fingerprint density at radius 3 is 1.18 bits per heavy atom. The molecule has 0 aliphatic heterocycles. The van der Waals surface area contributed by atoms with Gasteiger partial charge in [0.2, 0.25) is 5.71 Å². The molecule has 0 aliphatic carbocycles. The summed E-state index contributed by atoms with van der Waals surface area (Å²) in [6.07, 6.45) is 0. The molecule has 0 spiro atoms. The highest BCUT2D eigenvalue weighted by Crippen LogP contribution is 2.42. The van der Waals surface area contributed by atoms with Crippen LogP contribution in [0.1, 0.15) is 0 Å². The van der Waals surface area contributed by atoms with Crippen molar-refractivity contribution < 1.29 is 4.42 Å². The number of thiophene rings is 1. The topological polar surface area (TPSA) is 64.7 Å². The molecule has 346 valence electrons. The van der Waals surface area contributed by atoms with Gasteiger partial charge in [-0.1, -0.05) is 218 Å². The fourth-order valence-electron chi connectivity index (χ4n) is 10.3. The molecule has 4 aromatic heterocycles. The SMILES string of the molecule is c1ccc(-c2ccc(-c3nc(-c4cccc(-c5cccc(-c6cccc(-c7cccc(-c8nc(-c9ccc(-c%10ccccc%10)cc9)nc9sc%10ccccc%10c89)c7)c6)c5)c4)c4c(n3)oc3ccccc34)cc2)cc1. The van der Waals surface area contributed by atoms with Crippen molar-refractivity contribution in [2.24, 2.45) is 0 Å². The van der Waals surface area contributed by atoms with Gasteiger partial charge < -0.3 is 4.42 Å². The fraction of sp³-hybridized carbons (Fsp3) is 0. The van der Waals surface area contributed by atoms with Crippen LogP contribution in [-0.2, 0) is 0 Å². The van der Waals surface area contributed by atoms with Crippen LogP contribution in [-0.4, -0.2) is 19.9 Å². The second-order valence-corrected chi connectivity index (χ2v) is 19.6. The molecule has 0 saturated heterocycles. The standard InChI is InChI=1S/C68H42N4OS/c1-3-15-43(16-4-1)45-31-35-47(36-32-45)65-69-63(61-57-27-7-9-29-59(57)73-67(61)71-65)55-25-13-23-53(41-55)51-21-11-19-49(39-51)50-20-12-22-52(40-50)54-24-14-26-56(42-54)64-62-58-28-8-10-30-60(58)74-68(62)72-66(70-64)48-37-33-46(34-38-48)44-17-5-2-6-18-44/h1-42H. The fourth-order valence-corrected chi connectivity index (χ4v) is 11.3. The average Bonchev–Trinajstić information content (AvgIpc) is 4.07. The zero-order valence-corrected chi connectivity index (χ0v) is 40.7. The van der Waals surface area contributed by atoms with Gasteiger partial charge in [-0.05, 0) is 92.0 Å². The molecule has 0 amide bonds. The Balaban J connectivity index is 0.806. The van der Waals surface area contributed by atoms with Crippen LogP contribution in [0.3, 0.4) is 0 Å². The Labute approximate surface area is 431 Å². The first-order valence-electron chi connectivity index (χ1n) is 24.8. The highest BCUT2D eigenvalue weighted by atomic mass is 32.1. The third-order valence-electron chi connectivity index (χ3n) is 14.0. The second-order valence-electron chi connectivity index (χ2n) is 18.6. The number of aromatic nitrogens is 4. The van der Waals surface area contributed by atoms with Crippen molar-refractivity contribution in [3.05, 3.63) is 255 Å². The van der Waals surface area contributed by atoms with Gasteiger partial charge in [-0.15, -0.1) is 11.3 Å². The maximum Gasteiger partial charge on any atom is 0.231 e. The van der Waals surface area contributed by atoms with Gasteiger partial charge in [0.05, 0.1) is 16.8 Å². The molecule has 0 unspecified atom stereocenters. The summed E-state index contributed by atoms with van der Waals surface area (Å²) >= 11 is 1.72. The molecule has 0 atom stereocenters. The Bertz CT molecular complexity index is 4120. The van der Waals surface area contributed by atoms with E-state index in [2.05, 4.69) is 224 Å². The van der Waals surface area contributed by atoms with Gasteiger partial charge in [-0.25, -0.2) is 15.0 Å². The van der Waals surface area contributed by atoms with Crippen LogP contribution < -0.4 is 0 Å². The number of nitrogens with zero attached hydrogens (tertiary/aromatic N) is 4. The summed E-state index contributed by atoms with van der Waals surface area (Å²) in [6.45, 7) is 0. The van der Waals surface area contributed by atoms with E-state index in [1.807, 2.05) is 30.3 Å². The number of hydrogen-bond acceptors (Lipinski definition) is 6. The van der Waals surface area contributed by atoms with E-state index in [1.54, 1.807) is 11.3 Å². The zero-order chi connectivity index (χ0) is 49.0. The molecule has 14 aromatic rings. The molecule has 74 heavy (non-hydrogen) atoms. The molecule has 14 rings (SSSR count). The molecule has 0 fully saturated rings. The van der Waals surface area contributed by atoms with Crippen molar-refractivity contribution in [2.75, 3.05) is 0 Å². The summed E-state index contributed by atoms with van der Waals surface area (Å²) in [5.41, 5.74) is 18.4. The Morgan fingerprint density at radius 1 is 0.270 bits per heavy atom. The molecular weight excluding hydrogens is 921 g/mol. The van der Waals surface area contributed by atoms with Crippen molar-refractivity contribution in [3.8, 4) is 101 Å². The lowest BCUT2D eigenvalue weighted by Gasteiger charge is -2.12. The summed E-state index contributed by atoms with van der Waals surface area (Å²) in [7, 11) is 0. The van der Waals surface area contributed by atoms with E-state index >= 15 is 0 Å². The predicted molar refractivity (Wildman–Crippen MR) is 307 cm³/mol. The number of benzene rings is 10. The van der Waals surface area contributed by atoms with Crippen LogP contribution in [0, 0.1) is 0 Å². The number of hydrogen-bond donors (Lipinski definition) is 0. The summed E-state index contributed by atoms with van der Waals surface area (Å²) in [5.74, 6) is 1.33. The van der Waals surface area contributed by atoms with Gasteiger partial charge >= 0.3 is 0 Å². The molecule has 5 nitrogen and oxygen atoms in total. The summed E-state index contributed by atoms with van der Waals surface area (Å²) in [4.78, 5) is 21.9. The maximum atomic E-state index is 6.43. The molecule has 0 saturated carbocycles. The maximum absolute atomic E-state index is 6.43. The Morgan fingerprint density at radius 2 is 0.649 bits per heavy atom. The highest BCUT2D eigenvalue weighted by Gasteiger charge is 2.20. The molecule has 6 heteroatoms. The van der Waals surface area contributed by atoms with Crippen LogP contribution in [0.25, 0.3) is 143 Å². The number of fused-ring (bicyclic) bond motifs is 6. The van der Waals surface area contributed by atoms with E-state index in [9.17, 15) is 0 Å². The monoisotopic (exact) mass is 962 g/mol. The number of furan rings is 1. The minimum atomic E-state index is 0.566. The van der Waals surface area contributed by atoms with E-state index in [4.69, 9.17) is 24.4 Å². The van der Waals surface area contributed by atoms with Gasteiger partial charge in [0.25, 0.3) is 0 Å². The van der Waals surface area contributed by atoms with Crippen molar-refractivity contribution in [1.29, 1.82) is 0 Å². The summed E-state index contributed by atoms with van der Waals surface area (Å²) < 4.78 is 7.62. The van der Waals surface area contributed by atoms with Gasteiger partial charge in [0.1, 0.15) is 10.4 Å². The molecule has 0 N–H and O–H groups in total. The summed E-state index contributed by atoms with van der Waals surface area (Å²) in [6, 6.07) is 89.6. The smallest absolute Gasteiger partial charge is 0.231 e. The van der Waals surface area contributed by atoms with E-state index in [0.29, 0.717) is 17.4 Å². The molecule has 0 bridgehead atoms. The van der Waals surface area contributed by atoms with Crippen LogP contribution in [0.2, 0.25) is 0 Å². The molecular formula is C68H42N4OS. The van der Waals surface area contributed by atoms with E-state index < -0.39 is 0 Å². The van der Waals surface area contributed by atoms with Crippen LogP contribution in [0.15, 0.2) is 259 Å². The Kier molecular flexibility index (Phi) is 10.6. The van der Waals surface area contributed by atoms with Gasteiger partial charge in [-0.3, -0.25) is 0 Å². The Hall–Kier alpha value is -9.62. The average molecular weight is 963 g/mol. The third kappa shape index (κ3) is 7.91. The largest absolute Gasteiger partial charge is 0.438 e. The first-order chi connectivity index (χ1) is 36.6. The first kappa shape index (κ1) is 43.2. The first-order valence-corrected chi connectivity index (χ1v) is 25.6. The van der Waals surface area contributed by atoms with Crippen LogP contribution in [0.4, 0.5) is 0 Å². The second kappa shape index (κ2) is 18.2. The van der Waals surface area contributed by atoms with Crippen molar-refractivity contribution in [3.63, 3.8) is 0 Å². The lowest BCUT2D eigenvalue weighted by molar-refractivity contribution is 0.653. The molecule has 10 aromatic carbocycles. The number of para-hydroxylation sites is 1. The molecule has 0 radical (unpaired) electrons. The van der Waals surface area contributed by atoms with Crippen molar-refractivity contribution in [2.45, 2.75) is 0 Å². The van der Waals surface area contributed by atoms with Gasteiger partial charge in [0.15, 0.2) is 11.6 Å². The molecule has 0 aliphatic rings. The minimum Gasteiger partial charge on any atom is -0.438 e. The number of rotatable bonds is 9. The quantitative estimate of drug-likeness (QED) is 0.144. The normalized spacial score (nSPS) is 11.5. The van der Waals surface area contributed by atoms with Gasteiger partial charge in [-0.2, -0.15) is 4.98 Å². The van der Waals surface area contributed by atoms with E-state index in [1.165, 1.54) is 15.6 Å². The van der Waals surface area contributed by atoms with Gasteiger partial charge in [0, 0.05) is 43.1 Å². The summed E-state index contributed by atoms with van der Waals surface area (Å²) in [5, 5.41) is 4.14. The minimum absolute atomic E-state index is 0.566. The lowest BCUT2D eigenvalue weighted by Crippen LogP contribution is -1.94.